The van der Waals surface area contributed by atoms with Crippen molar-refractivity contribution in [1.29, 1.82) is 0 Å². The van der Waals surface area contributed by atoms with Crippen molar-refractivity contribution in [2.75, 3.05) is 0 Å². The molecule has 19 heavy (non-hydrogen) atoms. The Morgan fingerprint density at radius 1 is 1.16 bits per heavy atom. The first-order chi connectivity index (χ1) is 8.84. The van der Waals surface area contributed by atoms with Crippen LogP contribution < -0.4 is 0 Å². The minimum atomic E-state index is -1.03. The Bertz CT molecular complexity index is 679. The molecule has 0 amide bonds. The summed E-state index contributed by atoms with van der Waals surface area (Å²) in [6, 6.07) is 0. The van der Waals surface area contributed by atoms with Gasteiger partial charge in [-0.15, -0.1) is 5.10 Å². The first-order valence-corrected chi connectivity index (χ1v) is 6.43. The number of aromatic nitrogens is 4. The Balaban J connectivity index is 2.79. The summed E-state index contributed by atoms with van der Waals surface area (Å²) < 4.78 is 2.34. The Morgan fingerprint density at radius 2 is 1.79 bits per heavy atom. The number of hydrogen-bond acceptors (Lipinski definition) is 4. The minimum absolute atomic E-state index is 0.130. The molecule has 0 saturated carbocycles. The molecule has 1 N–H and O–H groups in total. The van der Waals surface area contributed by atoms with Crippen LogP contribution in [0.5, 0.6) is 0 Å². The Morgan fingerprint density at radius 3 is 2.26 bits per heavy atom. The van der Waals surface area contributed by atoms with Crippen LogP contribution in [-0.2, 0) is 0 Å². The third kappa shape index (κ3) is 2.14. The lowest BCUT2D eigenvalue weighted by Crippen LogP contribution is -2.14. The summed E-state index contributed by atoms with van der Waals surface area (Å²) in [6.07, 6.45) is 0. The topological polar surface area (TPSA) is 80.9 Å². The van der Waals surface area contributed by atoms with Crippen LogP contribution in [0.1, 0.15) is 33.0 Å². The smallest absolute Gasteiger partial charge is 0.339 e. The first-order valence-electron chi connectivity index (χ1n) is 5.63. The van der Waals surface area contributed by atoms with E-state index < -0.39 is 5.97 Å². The lowest BCUT2D eigenvalue weighted by Gasteiger charge is -2.10. The van der Waals surface area contributed by atoms with Gasteiger partial charge in [-0.05, 0) is 49.2 Å². The molecule has 0 radical (unpaired) electrons. The largest absolute Gasteiger partial charge is 0.478 e. The van der Waals surface area contributed by atoms with Gasteiger partial charge in [-0.3, -0.25) is 0 Å². The number of hydrogen-bond donors (Lipinski definition) is 1. The number of nitrogens with zero attached hydrogens (tertiary/aromatic N) is 4. The molecule has 0 aliphatic rings. The van der Waals surface area contributed by atoms with Gasteiger partial charge in [0, 0.05) is 0 Å². The van der Waals surface area contributed by atoms with Crippen LogP contribution >= 0.6 is 15.9 Å². The zero-order chi connectivity index (χ0) is 14.3. The molecule has 0 bridgehead atoms. The zero-order valence-corrected chi connectivity index (χ0v) is 12.6. The number of carbonyl (C=O) groups is 1. The average Bonchev–Trinajstić information content (AvgIpc) is 2.60. The molecule has 100 valence electrons. The van der Waals surface area contributed by atoms with Crippen LogP contribution in [0.3, 0.4) is 0 Å². The summed E-state index contributed by atoms with van der Waals surface area (Å²) >= 11 is 3.41. The standard InChI is InChI=1S/C12H13BrN4O2/c1-5-6(2)14-15-11(9(5)12(18)19)17-8(4)10(13)7(3)16-17/h1-4H3,(H,18,19). The molecule has 0 unspecified atom stereocenters. The predicted molar refractivity (Wildman–Crippen MR) is 72.8 cm³/mol. The van der Waals surface area contributed by atoms with Gasteiger partial charge in [-0.25, -0.2) is 9.48 Å². The van der Waals surface area contributed by atoms with Crippen molar-refractivity contribution < 1.29 is 9.90 Å². The molecule has 0 aliphatic carbocycles. The van der Waals surface area contributed by atoms with Crippen LogP contribution in [0.4, 0.5) is 0 Å². The molecule has 0 aliphatic heterocycles. The number of aryl methyl sites for hydroxylation is 2. The molecule has 2 rings (SSSR count). The molecule has 0 fully saturated rings. The second-order valence-corrected chi connectivity index (χ2v) is 5.10. The van der Waals surface area contributed by atoms with Gasteiger partial charge in [0.25, 0.3) is 0 Å². The van der Waals surface area contributed by atoms with E-state index in [0.29, 0.717) is 11.3 Å². The first kappa shape index (κ1) is 13.7. The monoisotopic (exact) mass is 324 g/mol. The summed E-state index contributed by atoms with van der Waals surface area (Å²) in [6.45, 7) is 7.13. The third-order valence-corrected chi connectivity index (χ3v) is 4.20. The van der Waals surface area contributed by atoms with Gasteiger partial charge in [-0.2, -0.15) is 10.2 Å². The fourth-order valence-corrected chi connectivity index (χ4v) is 2.08. The molecular weight excluding hydrogens is 312 g/mol. The van der Waals surface area contributed by atoms with E-state index in [1.54, 1.807) is 13.8 Å². The lowest BCUT2D eigenvalue weighted by atomic mass is 10.1. The Kier molecular flexibility index (Phi) is 3.40. The number of carboxylic acids is 1. The number of aromatic carboxylic acids is 1. The van der Waals surface area contributed by atoms with Crippen molar-refractivity contribution in [2.45, 2.75) is 27.7 Å². The highest BCUT2D eigenvalue weighted by atomic mass is 79.9. The van der Waals surface area contributed by atoms with Crippen molar-refractivity contribution in [2.24, 2.45) is 0 Å². The average molecular weight is 325 g/mol. The summed E-state index contributed by atoms with van der Waals surface area (Å²) in [5.41, 5.74) is 2.89. The van der Waals surface area contributed by atoms with Crippen LogP contribution in [0.2, 0.25) is 0 Å². The van der Waals surface area contributed by atoms with Crippen LogP contribution in [-0.4, -0.2) is 31.1 Å². The summed E-state index contributed by atoms with van der Waals surface area (Å²) in [4.78, 5) is 11.5. The van der Waals surface area contributed by atoms with Gasteiger partial charge in [-0.1, -0.05) is 0 Å². The van der Waals surface area contributed by atoms with E-state index in [0.717, 1.165) is 15.9 Å². The highest BCUT2D eigenvalue weighted by Gasteiger charge is 2.22. The normalized spacial score (nSPS) is 10.8. The van der Waals surface area contributed by atoms with Crippen molar-refractivity contribution in [3.8, 4) is 5.82 Å². The maximum absolute atomic E-state index is 11.5. The Labute approximate surface area is 118 Å². The fourth-order valence-electron chi connectivity index (χ4n) is 1.83. The SMILES string of the molecule is Cc1nnc(-n2nc(C)c(Br)c2C)c(C(=O)O)c1C. The second-order valence-electron chi connectivity index (χ2n) is 4.31. The maximum Gasteiger partial charge on any atom is 0.339 e. The van der Waals surface area contributed by atoms with Crippen molar-refractivity contribution in [3.05, 3.63) is 32.7 Å². The van der Waals surface area contributed by atoms with E-state index in [2.05, 4.69) is 31.2 Å². The van der Waals surface area contributed by atoms with E-state index in [9.17, 15) is 9.90 Å². The van der Waals surface area contributed by atoms with E-state index >= 15 is 0 Å². The number of carboxylic acid groups (broad SMARTS) is 1. The van der Waals surface area contributed by atoms with Crippen molar-refractivity contribution in [1.82, 2.24) is 20.0 Å². The molecule has 7 heteroatoms. The predicted octanol–water partition coefficient (Wildman–Crippen LogP) is 2.36. The van der Waals surface area contributed by atoms with Gasteiger partial charge in [0.15, 0.2) is 5.82 Å². The van der Waals surface area contributed by atoms with Crippen LogP contribution in [0, 0.1) is 27.7 Å². The summed E-state index contributed by atoms with van der Waals surface area (Å²) in [5, 5.41) is 21.7. The molecule has 0 saturated heterocycles. The molecule has 0 aromatic carbocycles. The van der Waals surface area contributed by atoms with E-state index in [4.69, 9.17) is 0 Å². The van der Waals surface area contributed by atoms with Crippen molar-refractivity contribution >= 4 is 21.9 Å². The highest BCUT2D eigenvalue weighted by molar-refractivity contribution is 9.10. The van der Waals surface area contributed by atoms with Crippen molar-refractivity contribution in [3.63, 3.8) is 0 Å². The lowest BCUT2D eigenvalue weighted by molar-refractivity contribution is 0.0695. The third-order valence-electron chi connectivity index (χ3n) is 3.05. The van der Waals surface area contributed by atoms with Crippen LogP contribution in [0.25, 0.3) is 5.82 Å². The Hall–Kier alpha value is -1.76. The number of halogens is 1. The van der Waals surface area contributed by atoms with Gasteiger partial charge in [0.2, 0.25) is 0 Å². The van der Waals surface area contributed by atoms with Gasteiger partial charge < -0.3 is 5.11 Å². The molecule has 0 atom stereocenters. The van der Waals surface area contributed by atoms with Gasteiger partial charge >= 0.3 is 5.97 Å². The number of rotatable bonds is 2. The molecule has 2 aromatic rings. The van der Waals surface area contributed by atoms with Crippen LogP contribution in [0.15, 0.2) is 4.47 Å². The molecular formula is C12H13BrN4O2. The molecule has 0 spiro atoms. The van der Waals surface area contributed by atoms with Gasteiger partial charge in [0.1, 0.15) is 5.56 Å². The summed E-state index contributed by atoms with van der Waals surface area (Å²) in [7, 11) is 0. The molecule has 2 heterocycles. The zero-order valence-electron chi connectivity index (χ0n) is 11.0. The van der Waals surface area contributed by atoms with E-state index in [-0.39, 0.29) is 11.4 Å². The fraction of sp³-hybridized carbons (Fsp3) is 0.333. The minimum Gasteiger partial charge on any atom is -0.478 e. The maximum atomic E-state index is 11.5. The highest BCUT2D eigenvalue weighted by Crippen LogP contribution is 2.25. The molecule has 6 nitrogen and oxygen atoms in total. The quantitative estimate of drug-likeness (QED) is 0.917. The van der Waals surface area contributed by atoms with E-state index in [1.807, 2.05) is 13.8 Å². The molecule has 2 aromatic heterocycles. The summed E-state index contributed by atoms with van der Waals surface area (Å²) in [5.74, 6) is -0.795. The van der Waals surface area contributed by atoms with Gasteiger partial charge in [0.05, 0.1) is 21.6 Å². The second kappa shape index (κ2) is 4.73. The van der Waals surface area contributed by atoms with E-state index in [1.165, 1.54) is 4.68 Å².